The number of aliphatic imine (C=N–C) groups is 1. The van der Waals surface area contributed by atoms with Crippen molar-refractivity contribution >= 4 is 35.6 Å². The predicted molar refractivity (Wildman–Crippen MR) is 126 cm³/mol. The molecular weight excluding hydrogens is 463 g/mol. The van der Waals surface area contributed by atoms with E-state index < -0.39 is 0 Å². The molecule has 1 fully saturated rings. The lowest BCUT2D eigenvalue weighted by Crippen LogP contribution is -2.53. The molecule has 1 N–H and O–H groups in total. The maximum atomic E-state index is 5.35. The molecule has 1 aliphatic heterocycles. The molecule has 2 aromatic carbocycles. The lowest BCUT2D eigenvalue weighted by molar-refractivity contribution is 0.369. The van der Waals surface area contributed by atoms with E-state index in [1.54, 1.807) is 7.11 Å². The van der Waals surface area contributed by atoms with Crippen molar-refractivity contribution < 1.29 is 4.74 Å². The van der Waals surface area contributed by atoms with Crippen LogP contribution in [0.2, 0.25) is 0 Å². The molecule has 150 valence electrons. The van der Waals surface area contributed by atoms with Crippen molar-refractivity contribution in [1.82, 2.24) is 10.2 Å². The zero-order chi connectivity index (χ0) is 18.6. The standard InChI is InChI=1S/C22H28N4O.HI/c1-23-22(24-16-18-14-17-6-3-4-9-21(17)18)26-12-10-25(11-13-26)19-7-5-8-20(15-19)27-2;/h3-9,15,18H,10-14,16H2,1-2H3,(H,23,24);1H. The molecule has 28 heavy (non-hydrogen) atoms. The van der Waals surface area contributed by atoms with Gasteiger partial charge in [-0.05, 0) is 29.7 Å². The SMILES string of the molecule is CN=C(NCC1Cc2ccccc21)N1CCN(c2cccc(OC)c2)CC1.I. The van der Waals surface area contributed by atoms with Crippen molar-refractivity contribution in [2.75, 3.05) is 51.8 Å². The van der Waals surface area contributed by atoms with Crippen molar-refractivity contribution in [2.24, 2.45) is 4.99 Å². The summed E-state index contributed by atoms with van der Waals surface area (Å²) in [4.78, 5) is 9.29. The number of methoxy groups -OCH3 is 1. The fourth-order valence-electron chi connectivity index (χ4n) is 4.08. The summed E-state index contributed by atoms with van der Waals surface area (Å²) in [5.41, 5.74) is 4.21. The number of anilines is 1. The monoisotopic (exact) mass is 492 g/mol. The minimum atomic E-state index is 0. The molecule has 0 saturated carbocycles. The van der Waals surface area contributed by atoms with Crippen LogP contribution in [0.1, 0.15) is 17.0 Å². The molecule has 0 bridgehead atoms. The number of piperazine rings is 1. The molecule has 2 aliphatic rings. The Morgan fingerprint density at radius 1 is 1.11 bits per heavy atom. The second-order valence-electron chi connectivity index (χ2n) is 7.20. The summed E-state index contributed by atoms with van der Waals surface area (Å²) in [5.74, 6) is 2.54. The topological polar surface area (TPSA) is 40.1 Å². The third-order valence-corrected chi connectivity index (χ3v) is 5.68. The van der Waals surface area contributed by atoms with Crippen molar-refractivity contribution in [3.63, 3.8) is 0 Å². The number of rotatable bonds is 4. The van der Waals surface area contributed by atoms with Gasteiger partial charge in [0.05, 0.1) is 7.11 Å². The number of hydrogen-bond acceptors (Lipinski definition) is 3. The van der Waals surface area contributed by atoms with E-state index in [0.29, 0.717) is 5.92 Å². The number of hydrogen-bond donors (Lipinski definition) is 1. The summed E-state index contributed by atoms with van der Waals surface area (Å²) in [5, 5.41) is 3.59. The van der Waals surface area contributed by atoms with Crippen LogP contribution in [0.25, 0.3) is 0 Å². The van der Waals surface area contributed by atoms with Gasteiger partial charge < -0.3 is 19.9 Å². The van der Waals surface area contributed by atoms with Crippen LogP contribution in [-0.2, 0) is 6.42 Å². The van der Waals surface area contributed by atoms with Crippen LogP contribution in [0.4, 0.5) is 5.69 Å². The van der Waals surface area contributed by atoms with Gasteiger partial charge in [-0.15, -0.1) is 24.0 Å². The number of benzene rings is 2. The van der Waals surface area contributed by atoms with E-state index in [1.165, 1.54) is 23.2 Å². The number of fused-ring (bicyclic) bond motifs is 1. The van der Waals surface area contributed by atoms with E-state index >= 15 is 0 Å². The Morgan fingerprint density at radius 2 is 1.89 bits per heavy atom. The number of ether oxygens (including phenoxy) is 1. The summed E-state index contributed by atoms with van der Waals surface area (Å²) in [6.45, 7) is 4.87. The summed E-state index contributed by atoms with van der Waals surface area (Å²) < 4.78 is 5.35. The van der Waals surface area contributed by atoms with Crippen LogP contribution >= 0.6 is 24.0 Å². The van der Waals surface area contributed by atoms with Gasteiger partial charge in [0.25, 0.3) is 0 Å². The third-order valence-electron chi connectivity index (χ3n) is 5.68. The Labute approximate surface area is 184 Å². The molecule has 0 radical (unpaired) electrons. The molecule has 0 aromatic heterocycles. The van der Waals surface area contributed by atoms with Gasteiger partial charge >= 0.3 is 0 Å². The first-order chi connectivity index (χ1) is 13.3. The maximum absolute atomic E-state index is 5.35. The third kappa shape index (κ3) is 4.37. The summed E-state index contributed by atoms with van der Waals surface area (Å²) in [6, 6.07) is 17.1. The van der Waals surface area contributed by atoms with Crippen molar-refractivity contribution in [3.05, 3.63) is 59.7 Å². The van der Waals surface area contributed by atoms with Gasteiger partial charge in [-0.2, -0.15) is 0 Å². The maximum Gasteiger partial charge on any atom is 0.193 e. The zero-order valence-electron chi connectivity index (χ0n) is 16.6. The highest BCUT2D eigenvalue weighted by Gasteiger charge is 2.26. The van der Waals surface area contributed by atoms with E-state index in [9.17, 15) is 0 Å². The van der Waals surface area contributed by atoms with Crippen molar-refractivity contribution in [2.45, 2.75) is 12.3 Å². The molecule has 6 heteroatoms. The van der Waals surface area contributed by atoms with E-state index in [2.05, 4.69) is 62.6 Å². The summed E-state index contributed by atoms with van der Waals surface area (Å²) >= 11 is 0. The Kier molecular flexibility index (Phi) is 7.04. The van der Waals surface area contributed by atoms with Crippen LogP contribution in [0.5, 0.6) is 5.75 Å². The van der Waals surface area contributed by atoms with Crippen molar-refractivity contribution in [3.8, 4) is 5.75 Å². The summed E-state index contributed by atoms with van der Waals surface area (Å²) in [7, 11) is 3.60. The minimum Gasteiger partial charge on any atom is -0.497 e. The lowest BCUT2D eigenvalue weighted by atomic mass is 9.78. The Hall–Kier alpha value is -1.96. The quantitative estimate of drug-likeness (QED) is 0.404. The molecule has 1 atom stereocenters. The van der Waals surface area contributed by atoms with Gasteiger partial charge in [0.1, 0.15) is 5.75 Å². The Bertz CT molecular complexity index is 818. The number of guanidine groups is 1. The average molecular weight is 492 g/mol. The molecule has 0 amide bonds. The largest absolute Gasteiger partial charge is 0.497 e. The Balaban J connectivity index is 0.00000225. The van der Waals surface area contributed by atoms with Crippen LogP contribution in [0, 0.1) is 0 Å². The molecule has 1 heterocycles. The molecule has 1 unspecified atom stereocenters. The molecule has 1 aliphatic carbocycles. The highest BCUT2D eigenvalue weighted by Crippen LogP contribution is 2.34. The molecule has 0 spiro atoms. The molecular formula is C22H29IN4O. The highest BCUT2D eigenvalue weighted by molar-refractivity contribution is 14.0. The van der Waals surface area contributed by atoms with Gasteiger partial charge in [-0.1, -0.05) is 30.3 Å². The first-order valence-electron chi connectivity index (χ1n) is 9.71. The summed E-state index contributed by atoms with van der Waals surface area (Å²) in [6.07, 6.45) is 1.17. The molecule has 2 aromatic rings. The molecule has 5 nitrogen and oxygen atoms in total. The fraction of sp³-hybridized carbons (Fsp3) is 0.409. The predicted octanol–water partition coefficient (Wildman–Crippen LogP) is 3.35. The van der Waals surface area contributed by atoms with Gasteiger partial charge in [-0.3, -0.25) is 4.99 Å². The van der Waals surface area contributed by atoms with Crippen LogP contribution in [0.3, 0.4) is 0 Å². The molecule has 4 rings (SSSR count). The zero-order valence-corrected chi connectivity index (χ0v) is 18.9. The van der Waals surface area contributed by atoms with Gasteiger partial charge in [0, 0.05) is 57.4 Å². The van der Waals surface area contributed by atoms with Crippen molar-refractivity contribution in [1.29, 1.82) is 0 Å². The first-order valence-corrected chi connectivity index (χ1v) is 9.71. The van der Waals surface area contributed by atoms with E-state index in [1.807, 2.05) is 13.1 Å². The number of nitrogens with zero attached hydrogens (tertiary/aromatic N) is 3. The average Bonchev–Trinajstić information content (AvgIpc) is 2.72. The van der Waals surface area contributed by atoms with Crippen LogP contribution in [-0.4, -0.2) is 57.7 Å². The minimum absolute atomic E-state index is 0. The lowest BCUT2D eigenvalue weighted by Gasteiger charge is -2.38. The van der Waals surface area contributed by atoms with Crippen LogP contribution in [0.15, 0.2) is 53.5 Å². The number of halogens is 1. The second kappa shape index (κ2) is 9.49. The second-order valence-corrected chi connectivity index (χ2v) is 7.20. The molecule has 1 saturated heterocycles. The fourth-order valence-corrected chi connectivity index (χ4v) is 4.08. The van der Waals surface area contributed by atoms with Gasteiger partial charge in [0.15, 0.2) is 5.96 Å². The Morgan fingerprint density at radius 3 is 2.61 bits per heavy atom. The van der Waals surface area contributed by atoms with E-state index in [0.717, 1.165) is 44.4 Å². The van der Waals surface area contributed by atoms with E-state index in [-0.39, 0.29) is 24.0 Å². The van der Waals surface area contributed by atoms with Gasteiger partial charge in [0.2, 0.25) is 0 Å². The normalized spacial score (nSPS) is 18.6. The highest BCUT2D eigenvalue weighted by atomic mass is 127. The van der Waals surface area contributed by atoms with E-state index in [4.69, 9.17) is 4.74 Å². The first kappa shape index (κ1) is 20.8. The smallest absolute Gasteiger partial charge is 0.193 e. The number of nitrogens with one attached hydrogen (secondary N) is 1. The van der Waals surface area contributed by atoms with Crippen LogP contribution < -0.4 is 15.0 Å². The van der Waals surface area contributed by atoms with Gasteiger partial charge in [-0.25, -0.2) is 0 Å².